The van der Waals surface area contributed by atoms with Crippen LogP contribution in [0, 0.1) is 10.1 Å². The molecule has 0 N–H and O–H groups in total. The van der Waals surface area contributed by atoms with Crippen LogP contribution in [0.2, 0.25) is 5.02 Å². The molecule has 0 saturated carbocycles. The number of nitro benzene ring substituents is 1. The molecular formula is C18H13ClF3N5O2. The van der Waals surface area contributed by atoms with Crippen molar-refractivity contribution < 1.29 is 18.1 Å². The van der Waals surface area contributed by atoms with Crippen molar-refractivity contribution in [3.05, 3.63) is 75.2 Å². The third-order valence-corrected chi connectivity index (χ3v) is 4.35. The average Bonchev–Trinajstić information content (AvgIpc) is 2.69. The standard InChI is InChI=1S/C18H13ClF3N5O2/c1-26(10-12-8-13(27(28)29)2-3-14(12)19)16-9-15(18(20,21)22)24-17(25-16)11-4-6-23-7-5-11/h2-9H,10H2,1H3. The van der Waals surface area contributed by atoms with E-state index in [-0.39, 0.29) is 28.9 Å². The van der Waals surface area contributed by atoms with Crippen molar-refractivity contribution in [2.75, 3.05) is 11.9 Å². The number of nitrogens with zero attached hydrogens (tertiary/aromatic N) is 5. The Labute approximate surface area is 168 Å². The number of anilines is 1. The second-order valence-electron chi connectivity index (χ2n) is 6.06. The van der Waals surface area contributed by atoms with E-state index in [2.05, 4.69) is 15.0 Å². The van der Waals surface area contributed by atoms with Crippen LogP contribution < -0.4 is 4.90 Å². The molecule has 0 aliphatic heterocycles. The Bertz CT molecular complexity index is 1050. The fourth-order valence-corrected chi connectivity index (χ4v) is 2.71. The quantitative estimate of drug-likeness (QED) is 0.434. The van der Waals surface area contributed by atoms with Crippen LogP contribution in [0.4, 0.5) is 24.7 Å². The van der Waals surface area contributed by atoms with Gasteiger partial charge in [-0.3, -0.25) is 15.1 Å². The molecule has 11 heteroatoms. The maximum absolute atomic E-state index is 13.3. The van der Waals surface area contributed by atoms with Gasteiger partial charge in [0.25, 0.3) is 5.69 Å². The highest BCUT2D eigenvalue weighted by atomic mass is 35.5. The van der Waals surface area contributed by atoms with Gasteiger partial charge in [0.05, 0.1) is 4.92 Å². The largest absolute Gasteiger partial charge is 0.433 e. The molecule has 0 radical (unpaired) electrons. The summed E-state index contributed by atoms with van der Waals surface area (Å²) in [6.07, 6.45) is -1.83. The third kappa shape index (κ3) is 4.77. The number of aromatic nitrogens is 3. The molecule has 3 aromatic rings. The Kier molecular flexibility index (Phi) is 5.64. The molecule has 0 spiro atoms. The van der Waals surface area contributed by atoms with Crippen LogP contribution >= 0.6 is 11.6 Å². The number of nitro groups is 1. The van der Waals surface area contributed by atoms with Gasteiger partial charge < -0.3 is 4.90 Å². The van der Waals surface area contributed by atoms with Gasteiger partial charge in [-0.05, 0) is 23.8 Å². The normalized spacial score (nSPS) is 11.3. The SMILES string of the molecule is CN(Cc1cc([N+](=O)[O-])ccc1Cl)c1cc(C(F)(F)F)nc(-c2ccncc2)n1. The molecule has 2 heterocycles. The van der Waals surface area contributed by atoms with Crippen molar-refractivity contribution in [1.82, 2.24) is 15.0 Å². The summed E-state index contributed by atoms with van der Waals surface area (Å²) in [4.78, 5) is 23.5. The fraction of sp³-hybridized carbons (Fsp3) is 0.167. The lowest BCUT2D eigenvalue weighted by molar-refractivity contribution is -0.384. The number of alkyl halides is 3. The zero-order valence-corrected chi connectivity index (χ0v) is 15.6. The molecule has 3 rings (SSSR count). The molecule has 7 nitrogen and oxygen atoms in total. The van der Waals surface area contributed by atoms with Crippen molar-refractivity contribution in [3.8, 4) is 11.4 Å². The Balaban J connectivity index is 2.01. The highest BCUT2D eigenvalue weighted by Crippen LogP contribution is 2.32. The molecule has 1 aromatic carbocycles. The molecule has 0 amide bonds. The van der Waals surface area contributed by atoms with E-state index >= 15 is 0 Å². The highest BCUT2D eigenvalue weighted by molar-refractivity contribution is 6.31. The summed E-state index contributed by atoms with van der Waals surface area (Å²) in [5.41, 5.74) is -0.532. The summed E-state index contributed by atoms with van der Waals surface area (Å²) in [7, 11) is 1.51. The summed E-state index contributed by atoms with van der Waals surface area (Å²) >= 11 is 6.09. The van der Waals surface area contributed by atoms with Gasteiger partial charge in [-0.25, -0.2) is 9.97 Å². The zero-order chi connectivity index (χ0) is 21.2. The van der Waals surface area contributed by atoms with Crippen molar-refractivity contribution in [3.63, 3.8) is 0 Å². The Morgan fingerprint density at radius 1 is 1.14 bits per heavy atom. The van der Waals surface area contributed by atoms with Gasteiger partial charge in [0, 0.05) is 54.8 Å². The fourth-order valence-electron chi connectivity index (χ4n) is 2.54. The van der Waals surface area contributed by atoms with Gasteiger partial charge in [-0.2, -0.15) is 13.2 Å². The molecule has 0 aliphatic rings. The van der Waals surface area contributed by atoms with Crippen LogP contribution in [0.3, 0.4) is 0 Å². The molecule has 0 saturated heterocycles. The van der Waals surface area contributed by atoms with Crippen molar-refractivity contribution in [2.24, 2.45) is 0 Å². The average molecular weight is 424 g/mol. The van der Waals surface area contributed by atoms with E-state index in [4.69, 9.17) is 11.6 Å². The van der Waals surface area contributed by atoms with Gasteiger partial charge in [-0.1, -0.05) is 11.6 Å². The number of benzene rings is 1. The first-order valence-corrected chi connectivity index (χ1v) is 8.53. The Morgan fingerprint density at radius 2 is 1.83 bits per heavy atom. The predicted molar refractivity (Wildman–Crippen MR) is 100 cm³/mol. The summed E-state index contributed by atoms with van der Waals surface area (Å²) in [5.74, 6) is -0.129. The van der Waals surface area contributed by atoms with Crippen LogP contribution in [0.5, 0.6) is 0 Å². The monoisotopic (exact) mass is 423 g/mol. The lowest BCUT2D eigenvalue weighted by Crippen LogP contribution is -2.20. The second-order valence-corrected chi connectivity index (χ2v) is 6.46. The Morgan fingerprint density at radius 3 is 2.45 bits per heavy atom. The van der Waals surface area contributed by atoms with E-state index in [0.29, 0.717) is 11.1 Å². The third-order valence-electron chi connectivity index (χ3n) is 3.98. The zero-order valence-electron chi connectivity index (χ0n) is 14.9. The molecule has 0 unspecified atom stereocenters. The smallest absolute Gasteiger partial charge is 0.355 e. The minimum absolute atomic E-state index is 0.00457. The number of pyridine rings is 1. The maximum Gasteiger partial charge on any atom is 0.433 e. The van der Waals surface area contributed by atoms with Crippen LogP contribution in [0.1, 0.15) is 11.3 Å². The van der Waals surface area contributed by atoms with E-state index in [1.807, 2.05) is 0 Å². The molecule has 29 heavy (non-hydrogen) atoms. The Hall–Kier alpha value is -3.27. The molecule has 2 aromatic heterocycles. The van der Waals surface area contributed by atoms with Gasteiger partial charge in [0.15, 0.2) is 11.5 Å². The second kappa shape index (κ2) is 8.00. The molecule has 0 atom stereocenters. The number of rotatable bonds is 5. The summed E-state index contributed by atoms with van der Waals surface area (Å²) in [5, 5.41) is 11.2. The van der Waals surface area contributed by atoms with Crippen molar-refractivity contribution in [2.45, 2.75) is 12.7 Å². The minimum atomic E-state index is -4.68. The lowest BCUT2D eigenvalue weighted by Gasteiger charge is -2.21. The van der Waals surface area contributed by atoms with E-state index in [0.717, 1.165) is 6.07 Å². The van der Waals surface area contributed by atoms with E-state index in [1.165, 1.54) is 54.7 Å². The van der Waals surface area contributed by atoms with Crippen LogP contribution in [-0.4, -0.2) is 26.9 Å². The van der Waals surface area contributed by atoms with Crippen LogP contribution in [-0.2, 0) is 12.7 Å². The van der Waals surface area contributed by atoms with E-state index in [1.54, 1.807) is 0 Å². The topological polar surface area (TPSA) is 85.0 Å². The molecule has 150 valence electrons. The number of hydrogen-bond donors (Lipinski definition) is 0. The molecule has 0 fully saturated rings. The van der Waals surface area contributed by atoms with Gasteiger partial charge in [0.2, 0.25) is 0 Å². The molecule has 0 aliphatic carbocycles. The highest BCUT2D eigenvalue weighted by Gasteiger charge is 2.34. The molecule has 0 bridgehead atoms. The first-order chi connectivity index (χ1) is 13.6. The van der Waals surface area contributed by atoms with E-state index in [9.17, 15) is 23.3 Å². The molecular weight excluding hydrogens is 411 g/mol. The summed E-state index contributed by atoms with van der Waals surface area (Å²) < 4.78 is 40.0. The number of non-ortho nitro benzene ring substituents is 1. The summed E-state index contributed by atoms with van der Waals surface area (Å²) in [6, 6.07) is 7.70. The van der Waals surface area contributed by atoms with Gasteiger partial charge in [0.1, 0.15) is 5.82 Å². The minimum Gasteiger partial charge on any atom is -0.355 e. The first kappa shape index (κ1) is 20.5. The van der Waals surface area contributed by atoms with Crippen molar-refractivity contribution in [1.29, 1.82) is 0 Å². The van der Waals surface area contributed by atoms with Crippen molar-refractivity contribution >= 4 is 23.1 Å². The predicted octanol–water partition coefficient (Wildman–Crippen LogP) is 4.76. The lowest BCUT2D eigenvalue weighted by atomic mass is 10.2. The summed E-state index contributed by atoms with van der Waals surface area (Å²) in [6.45, 7) is 0.00457. The number of hydrogen-bond acceptors (Lipinski definition) is 6. The van der Waals surface area contributed by atoms with Crippen LogP contribution in [0.15, 0.2) is 48.8 Å². The van der Waals surface area contributed by atoms with E-state index < -0.39 is 16.8 Å². The maximum atomic E-state index is 13.3. The van der Waals surface area contributed by atoms with Gasteiger partial charge >= 0.3 is 6.18 Å². The number of halogens is 4. The van der Waals surface area contributed by atoms with Crippen LogP contribution in [0.25, 0.3) is 11.4 Å². The first-order valence-electron chi connectivity index (χ1n) is 8.16. The van der Waals surface area contributed by atoms with Gasteiger partial charge in [-0.15, -0.1) is 0 Å².